The fourth-order valence-corrected chi connectivity index (χ4v) is 3.81. The fraction of sp³-hybridized carbons (Fsp3) is 0.217. The van der Waals surface area contributed by atoms with Gasteiger partial charge in [0.25, 0.3) is 0 Å². The number of aromatic amines is 1. The molecule has 4 aromatic rings. The topological polar surface area (TPSA) is 63.9 Å². The van der Waals surface area contributed by atoms with E-state index in [0.717, 1.165) is 39.9 Å². The van der Waals surface area contributed by atoms with Gasteiger partial charge in [-0.25, -0.2) is 9.97 Å². The van der Waals surface area contributed by atoms with Crippen molar-refractivity contribution in [3.05, 3.63) is 71.3 Å². The van der Waals surface area contributed by atoms with Crippen LogP contribution in [0, 0.1) is 6.92 Å². The van der Waals surface area contributed by atoms with Gasteiger partial charge in [0.15, 0.2) is 0 Å². The summed E-state index contributed by atoms with van der Waals surface area (Å²) in [6, 6.07) is 15.7. The standard InChI is InChI=1S/C23H22ClN3O2S/c1-15-25-14-18(26-15)23-27-22(16-9-11-17(24)12-10-16)20(29-23)7-5-13-28-19-6-3-4-8-21(19)30-2/h3-4,6,8-12,14H,5,7,13H2,1-2H3,(H,25,26). The van der Waals surface area contributed by atoms with Gasteiger partial charge in [-0.05, 0) is 43.9 Å². The average molecular weight is 440 g/mol. The number of ether oxygens (including phenoxy) is 1. The van der Waals surface area contributed by atoms with E-state index >= 15 is 0 Å². The van der Waals surface area contributed by atoms with Gasteiger partial charge in [-0.3, -0.25) is 0 Å². The van der Waals surface area contributed by atoms with Gasteiger partial charge in [0.2, 0.25) is 5.89 Å². The lowest BCUT2D eigenvalue weighted by atomic mass is 10.1. The molecule has 0 saturated heterocycles. The maximum absolute atomic E-state index is 6.11. The Hall–Kier alpha value is -2.70. The van der Waals surface area contributed by atoms with E-state index in [9.17, 15) is 0 Å². The number of aryl methyl sites for hydroxylation is 2. The molecule has 2 aromatic carbocycles. The Kier molecular flexibility index (Phi) is 6.45. The molecule has 0 aliphatic heterocycles. The van der Waals surface area contributed by atoms with E-state index in [0.29, 0.717) is 29.6 Å². The van der Waals surface area contributed by atoms with E-state index in [-0.39, 0.29) is 0 Å². The Labute approximate surface area is 184 Å². The molecule has 4 rings (SSSR count). The van der Waals surface area contributed by atoms with Gasteiger partial charge in [-0.1, -0.05) is 35.9 Å². The van der Waals surface area contributed by atoms with E-state index in [1.54, 1.807) is 18.0 Å². The molecule has 0 atom stereocenters. The van der Waals surface area contributed by atoms with Crippen molar-refractivity contribution in [2.75, 3.05) is 12.9 Å². The van der Waals surface area contributed by atoms with Crippen molar-refractivity contribution in [3.8, 4) is 28.6 Å². The summed E-state index contributed by atoms with van der Waals surface area (Å²) in [5, 5.41) is 0.688. The predicted octanol–water partition coefficient (Wildman–Crippen LogP) is 6.43. The first-order chi connectivity index (χ1) is 14.6. The second-order valence-electron chi connectivity index (χ2n) is 6.77. The molecule has 154 valence electrons. The van der Waals surface area contributed by atoms with E-state index < -0.39 is 0 Å². The highest BCUT2D eigenvalue weighted by Gasteiger charge is 2.18. The minimum atomic E-state index is 0.507. The molecule has 0 saturated carbocycles. The second-order valence-corrected chi connectivity index (χ2v) is 8.06. The Morgan fingerprint density at radius 1 is 1.10 bits per heavy atom. The van der Waals surface area contributed by atoms with Gasteiger partial charge < -0.3 is 14.1 Å². The van der Waals surface area contributed by atoms with Gasteiger partial charge in [-0.15, -0.1) is 11.8 Å². The number of oxazole rings is 1. The molecule has 30 heavy (non-hydrogen) atoms. The lowest BCUT2D eigenvalue weighted by Crippen LogP contribution is -2.00. The van der Waals surface area contributed by atoms with Crippen LogP contribution in [0.5, 0.6) is 5.75 Å². The molecular formula is C23H22ClN3O2S. The third-order valence-electron chi connectivity index (χ3n) is 4.61. The highest BCUT2D eigenvalue weighted by Crippen LogP contribution is 2.31. The minimum Gasteiger partial charge on any atom is -0.492 e. The van der Waals surface area contributed by atoms with Gasteiger partial charge in [0, 0.05) is 28.1 Å². The van der Waals surface area contributed by atoms with E-state index in [1.165, 1.54) is 0 Å². The Bertz CT molecular complexity index is 1120. The van der Waals surface area contributed by atoms with Crippen LogP contribution < -0.4 is 4.74 Å². The van der Waals surface area contributed by atoms with Crippen LogP contribution in [0.3, 0.4) is 0 Å². The third kappa shape index (κ3) is 4.71. The highest BCUT2D eigenvalue weighted by atomic mass is 35.5. The molecule has 7 heteroatoms. The number of hydrogen-bond acceptors (Lipinski definition) is 5. The molecule has 0 amide bonds. The normalized spacial score (nSPS) is 11.0. The van der Waals surface area contributed by atoms with Crippen LogP contribution in [0.2, 0.25) is 5.02 Å². The van der Waals surface area contributed by atoms with Crippen LogP contribution in [0.15, 0.2) is 64.0 Å². The summed E-state index contributed by atoms with van der Waals surface area (Å²) in [6.07, 6.45) is 5.36. The number of benzene rings is 2. The summed E-state index contributed by atoms with van der Waals surface area (Å²) < 4.78 is 12.1. The lowest BCUT2D eigenvalue weighted by molar-refractivity contribution is 0.300. The molecule has 5 nitrogen and oxygen atoms in total. The first-order valence-electron chi connectivity index (χ1n) is 9.68. The number of H-pyrrole nitrogens is 1. The van der Waals surface area contributed by atoms with Crippen LogP contribution in [0.4, 0.5) is 0 Å². The average Bonchev–Trinajstić information content (AvgIpc) is 3.38. The van der Waals surface area contributed by atoms with Crippen LogP contribution in [0.1, 0.15) is 18.0 Å². The quantitative estimate of drug-likeness (QED) is 0.253. The molecule has 0 bridgehead atoms. The number of rotatable bonds is 8. The van der Waals surface area contributed by atoms with Crippen LogP contribution >= 0.6 is 23.4 Å². The summed E-state index contributed by atoms with van der Waals surface area (Å²) >= 11 is 7.73. The molecule has 0 aliphatic rings. The minimum absolute atomic E-state index is 0.507. The van der Waals surface area contributed by atoms with Gasteiger partial charge in [0.05, 0.1) is 6.61 Å². The molecule has 0 fully saturated rings. The molecule has 0 aliphatic carbocycles. The maximum Gasteiger partial charge on any atom is 0.247 e. The Morgan fingerprint density at radius 3 is 2.63 bits per heavy atom. The molecule has 2 heterocycles. The maximum atomic E-state index is 6.11. The largest absolute Gasteiger partial charge is 0.492 e. The molecular weight excluding hydrogens is 418 g/mol. The van der Waals surface area contributed by atoms with Crippen LogP contribution in [-0.4, -0.2) is 27.8 Å². The van der Waals surface area contributed by atoms with Crippen LogP contribution in [0.25, 0.3) is 22.8 Å². The fourth-order valence-electron chi connectivity index (χ4n) is 3.14. The van der Waals surface area contributed by atoms with Crippen molar-refractivity contribution in [1.29, 1.82) is 0 Å². The van der Waals surface area contributed by atoms with Gasteiger partial charge in [-0.2, -0.15) is 0 Å². The zero-order valence-electron chi connectivity index (χ0n) is 16.8. The number of aromatic nitrogens is 3. The highest BCUT2D eigenvalue weighted by molar-refractivity contribution is 7.98. The van der Waals surface area contributed by atoms with Crippen molar-refractivity contribution in [3.63, 3.8) is 0 Å². The number of thioether (sulfide) groups is 1. The number of hydrogen-bond donors (Lipinski definition) is 1. The molecule has 0 spiro atoms. The van der Waals surface area contributed by atoms with Crippen LogP contribution in [-0.2, 0) is 6.42 Å². The smallest absolute Gasteiger partial charge is 0.247 e. The Morgan fingerprint density at radius 2 is 1.90 bits per heavy atom. The number of nitrogens with zero attached hydrogens (tertiary/aromatic N) is 2. The van der Waals surface area contributed by atoms with Gasteiger partial charge in [0.1, 0.15) is 28.7 Å². The third-order valence-corrected chi connectivity index (χ3v) is 5.64. The van der Waals surface area contributed by atoms with E-state index in [1.807, 2.05) is 55.6 Å². The predicted molar refractivity (Wildman–Crippen MR) is 121 cm³/mol. The zero-order valence-corrected chi connectivity index (χ0v) is 18.4. The SMILES string of the molecule is CSc1ccccc1OCCCc1oc(-c2c[nH]c(C)n2)nc1-c1ccc(Cl)cc1. The summed E-state index contributed by atoms with van der Waals surface area (Å²) in [4.78, 5) is 13.4. The van der Waals surface area contributed by atoms with E-state index in [4.69, 9.17) is 25.7 Å². The first kappa shape index (κ1) is 20.6. The number of nitrogens with one attached hydrogen (secondary N) is 1. The molecule has 0 radical (unpaired) electrons. The monoisotopic (exact) mass is 439 g/mol. The first-order valence-corrected chi connectivity index (χ1v) is 11.3. The van der Waals surface area contributed by atoms with Crippen molar-refractivity contribution < 1.29 is 9.15 Å². The number of imidazole rings is 1. The van der Waals surface area contributed by atoms with E-state index in [2.05, 4.69) is 16.0 Å². The van der Waals surface area contributed by atoms with Crippen molar-refractivity contribution >= 4 is 23.4 Å². The molecule has 1 N–H and O–H groups in total. The summed E-state index contributed by atoms with van der Waals surface area (Å²) in [6.45, 7) is 2.49. The number of halogens is 1. The molecule has 0 unspecified atom stereocenters. The summed E-state index contributed by atoms with van der Waals surface area (Å²) in [7, 11) is 0. The second kappa shape index (κ2) is 9.41. The van der Waals surface area contributed by atoms with Gasteiger partial charge >= 0.3 is 0 Å². The lowest BCUT2D eigenvalue weighted by Gasteiger charge is -2.09. The molecule has 2 aromatic heterocycles. The summed E-state index contributed by atoms with van der Waals surface area (Å²) in [5.74, 6) is 3.05. The van der Waals surface area contributed by atoms with Crippen molar-refractivity contribution in [2.45, 2.75) is 24.7 Å². The Balaban J connectivity index is 1.52. The summed E-state index contributed by atoms with van der Waals surface area (Å²) in [5.41, 5.74) is 2.47. The van der Waals surface area contributed by atoms with Crippen molar-refractivity contribution in [1.82, 2.24) is 15.0 Å². The number of para-hydroxylation sites is 1. The van der Waals surface area contributed by atoms with Crippen molar-refractivity contribution in [2.24, 2.45) is 0 Å². The zero-order chi connectivity index (χ0) is 20.9.